The number of rotatable bonds is 3. The van der Waals surface area contributed by atoms with Crippen LogP contribution in [0.3, 0.4) is 0 Å². The molecule has 2 atom stereocenters. The van der Waals surface area contributed by atoms with Crippen molar-refractivity contribution in [1.29, 1.82) is 0 Å². The quantitative estimate of drug-likeness (QED) is 0.810. The zero-order valence-electron chi connectivity index (χ0n) is 14.9. The third kappa shape index (κ3) is 3.05. The molecule has 4 rings (SSSR count). The van der Waals surface area contributed by atoms with Gasteiger partial charge < -0.3 is 14.9 Å². The number of hydrogen-bond acceptors (Lipinski definition) is 5. The van der Waals surface area contributed by atoms with E-state index in [9.17, 15) is 13.2 Å². The number of fused-ring (bicyclic) bond motifs is 1. The highest BCUT2D eigenvalue weighted by molar-refractivity contribution is 7.91. The number of sulfone groups is 1. The van der Waals surface area contributed by atoms with Crippen molar-refractivity contribution in [1.82, 2.24) is 24.8 Å². The maximum absolute atomic E-state index is 12.9. The molecule has 9 heteroatoms. The van der Waals surface area contributed by atoms with E-state index in [4.69, 9.17) is 0 Å². The molecule has 0 spiro atoms. The number of carbonyl (C=O) groups is 1. The minimum atomic E-state index is -3.17. The number of aryl methyl sites for hydroxylation is 2. The molecule has 140 valence electrons. The Bertz CT molecular complexity index is 932. The first-order chi connectivity index (χ1) is 12.3. The number of carbonyl (C=O) groups excluding carboxylic acids is 1. The van der Waals surface area contributed by atoms with Crippen molar-refractivity contribution in [3.63, 3.8) is 0 Å². The maximum Gasteiger partial charge on any atom is 0.270 e. The highest BCUT2D eigenvalue weighted by atomic mass is 32.2. The van der Waals surface area contributed by atoms with Crippen molar-refractivity contribution in [3.05, 3.63) is 41.2 Å². The van der Waals surface area contributed by atoms with Crippen molar-refractivity contribution < 1.29 is 13.2 Å². The van der Waals surface area contributed by atoms with Gasteiger partial charge >= 0.3 is 0 Å². The van der Waals surface area contributed by atoms with Crippen LogP contribution in [0.5, 0.6) is 0 Å². The molecule has 0 saturated carbocycles. The minimum Gasteiger partial charge on any atom is -0.357 e. The summed E-state index contributed by atoms with van der Waals surface area (Å²) in [5, 5.41) is 0. The van der Waals surface area contributed by atoms with Gasteiger partial charge in [0.25, 0.3) is 5.91 Å². The van der Waals surface area contributed by atoms with Gasteiger partial charge in [-0.05, 0) is 25.5 Å². The number of imidazole rings is 1. The largest absolute Gasteiger partial charge is 0.357 e. The summed E-state index contributed by atoms with van der Waals surface area (Å²) in [6, 6.07) is 1.30. The van der Waals surface area contributed by atoms with E-state index >= 15 is 0 Å². The molecule has 26 heavy (non-hydrogen) atoms. The van der Waals surface area contributed by atoms with Gasteiger partial charge in [0.15, 0.2) is 9.84 Å². The molecule has 0 unspecified atom stereocenters. The van der Waals surface area contributed by atoms with Crippen molar-refractivity contribution in [2.75, 3.05) is 24.6 Å². The van der Waals surface area contributed by atoms with Gasteiger partial charge in [0.2, 0.25) is 0 Å². The predicted octanol–water partition coefficient (Wildman–Crippen LogP) is 0.478. The van der Waals surface area contributed by atoms with Gasteiger partial charge in [-0.1, -0.05) is 0 Å². The van der Waals surface area contributed by atoms with Crippen LogP contribution in [0.4, 0.5) is 0 Å². The van der Waals surface area contributed by atoms with Crippen molar-refractivity contribution in [3.8, 4) is 0 Å². The highest BCUT2D eigenvalue weighted by Crippen LogP contribution is 2.29. The first-order valence-electron chi connectivity index (χ1n) is 8.73. The zero-order chi connectivity index (χ0) is 18.5. The van der Waals surface area contributed by atoms with Crippen LogP contribution in [0.1, 0.15) is 27.4 Å². The molecular weight excluding hydrogens is 354 g/mol. The van der Waals surface area contributed by atoms with Gasteiger partial charge in [0, 0.05) is 37.6 Å². The zero-order valence-corrected chi connectivity index (χ0v) is 15.7. The summed E-state index contributed by atoms with van der Waals surface area (Å²) in [5.41, 5.74) is 3.41. The molecule has 2 saturated heterocycles. The fourth-order valence-corrected chi connectivity index (χ4v) is 6.00. The molecule has 2 N–H and O–H groups in total. The normalized spacial score (nSPS) is 25.4. The number of H-pyrrole nitrogens is 2. The molecule has 1 amide bonds. The molecule has 2 aliphatic heterocycles. The third-order valence-corrected chi connectivity index (χ3v) is 7.10. The Morgan fingerprint density at radius 1 is 1.23 bits per heavy atom. The lowest BCUT2D eigenvalue weighted by atomic mass is 10.0. The lowest BCUT2D eigenvalue weighted by molar-refractivity contribution is 0.0298. The first kappa shape index (κ1) is 17.3. The van der Waals surface area contributed by atoms with Crippen LogP contribution in [0, 0.1) is 13.8 Å². The number of amides is 1. The van der Waals surface area contributed by atoms with Crippen LogP contribution in [0.2, 0.25) is 0 Å². The van der Waals surface area contributed by atoms with Crippen molar-refractivity contribution >= 4 is 15.7 Å². The summed E-state index contributed by atoms with van der Waals surface area (Å²) < 4.78 is 24.7. The summed E-state index contributed by atoms with van der Waals surface area (Å²) in [4.78, 5) is 27.2. The standard InChI is InChI=1S/C17H23N5O3S/c1-11-5-13(18-6-11)17(23)22-4-3-21(7-14-12(2)19-10-20-14)15-8-26(24,25)9-16(15)22/h5-6,10,15-16,18H,3-4,7-9H2,1-2H3,(H,19,20)/t15-,16+/m1/s1. The predicted molar refractivity (Wildman–Crippen MR) is 96.5 cm³/mol. The van der Waals surface area contributed by atoms with Crippen molar-refractivity contribution in [2.45, 2.75) is 32.5 Å². The number of hydrogen-bond donors (Lipinski definition) is 2. The van der Waals surface area contributed by atoms with Gasteiger partial charge in [-0.2, -0.15) is 0 Å². The lowest BCUT2D eigenvalue weighted by Gasteiger charge is -2.43. The van der Waals surface area contributed by atoms with Gasteiger partial charge in [0.1, 0.15) is 5.69 Å². The lowest BCUT2D eigenvalue weighted by Crippen LogP contribution is -2.60. The molecule has 2 aromatic heterocycles. The highest BCUT2D eigenvalue weighted by Gasteiger charge is 2.48. The number of nitrogens with one attached hydrogen (secondary N) is 2. The molecule has 0 radical (unpaired) electrons. The smallest absolute Gasteiger partial charge is 0.270 e. The van der Waals surface area contributed by atoms with Crippen LogP contribution >= 0.6 is 0 Å². The van der Waals surface area contributed by atoms with Crippen LogP contribution in [0.25, 0.3) is 0 Å². The first-order valence-corrected chi connectivity index (χ1v) is 10.6. The van der Waals surface area contributed by atoms with E-state index in [1.165, 1.54) is 0 Å². The van der Waals surface area contributed by atoms with E-state index in [0.29, 0.717) is 25.3 Å². The summed E-state index contributed by atoms with van der Waals surface area (Å²) in [7, 11) is -3.17. The number of aromatic amines is 2. The second-order valence-electron chi connectivity index (χ2n) is 7.25. The Morgan fingerprint density at radius 3 is 2.65 bits per heavy atom. The minimum absolute atomic E-state index is 0.0269. The molecule has 2 fully saturated rings. The molecule has 8 nitrogen and oxygen atoms in total. The fraction of sp³-hybridized carbons (Fsp3) is 0.529. The van der Waals surface area contributed by atoms with Crippen LogP contribution in [0.15, 0.2) is 18.6 Å². The summed E-state index contributed by atoms with van der Waals surface area (Å²) >= 11 is 0. The topological polar surface area (TPSA) is 102 Å². The number of aromatic nitrogens is 3. The molecule has 0 bridgehead atoms. The summed E-state index contributed by atoms with van der Waals surface area (Å²) in [5.74, 6) is -0.00539. The Morgan fingerprint density at radius 2 is 2.00 bits per heavy atom. The Kier molecular flexibility index (Phi) is 4.15. The summed E-state index contributed by atoms with van der Waals surface area (Å²) in [6.07, 6.45) is 3.44. The van der Waals surface area contributed by atoms with E-state index in [1.807, 2.05) is 13.8 Å². The molecule has 0 aliphatic carbocycles. The summed E-state index contributed by atoms with van der Waals surface area (Å²) in [6.45, 7) is 5.61. The number of nitrogens with zero attached hydrogens (tertiary/aromatic N) is 3. The third-order valence-electron chi connectivity index (χ3n) is 5.40. The van der Waals surface area contributed by atoms with Gasteiger partial charge in [0.05, 0.1) is 29.6 Å². The van der Waals surface area contributed by atoms with E-state index in [2.05, 4.69) is 19.9 Å². The fourth-order valence-electron chi connectivity index (χ4n) is 3.99. The van der Waals surface area contributed by atoms with Crippen LogP contribution < -0.4 is 0 Å². The van der Waals surface area contributed by atoms with E-state index in [1.54, 1.807) is 23.5 Å². The Labute approximate surface area is 152 Å². The van der Waals surface area contributed by atoms with Crippen LogP contribution in [-0.2, 0) is 16.4 Å². The van der Waals surface area contributed by atoms with Crippen LogP contribution in [-0.4, -0.2) is 75.8 Å². The average Bonchev–Trinajstić information content (AvgIpc) is 3.26. The van der Waals surface area contributed by atoms with E-state index in [-0.39, 0.29) is 29.5 Å². The van der Waals surface area contributed by atoms with Gasteiger partial charge in [-0.15, -0.1) is 0 Å². The van der Waals surface area contributed by atoms with E-state index < -0.39 is 9.84 Å². The second-order valence-corrected chi connectivity index (χ2v) is 9.40. The molecular formula is C17H23N5O3S. The average molecular weight is 377 g/mol. The Hall–Kier alpha value is -2.13. The van der Waals surface area contributed by atoms with Gasteiger partial charge in [-0.3, -0.25) is 9.69 Å². The maximum atomic E-state index is 12.9. The van der Waals surface area contributed by atoms with Crippen molar-refractivity contribution in [2.24, 2.45) is 0 Å². The SMILES string of the molecule is Cc1c[nH]c(C(=O)N2CCN(Cc3nc[nH]c3C)[C@@H]3CS(=O)(=O)C[C@@H]32)c1. The monoisotopic (exact) mass is 377 g/mol. The number of piperazine rings is 1. The second kappa shape index (κ2) is 6.24. The Balaban J connectivity index is 1.59. The molecule has 2 aliphatic rings. The molecule has 4 heterocycles. The molecule has 0 aromatic carbocycles. The molecule has 2 aromatic rings. The van der Waals surface area contributed by atoms with E-state index in [0.717, 1.165) is 17.0 Å². The van der Waals surface area contributed by atoms with Gasteiger partial charge in [-0.25, -0.2) is 13.4 Å².